The fourth-order valence-electron chi connectivity index (χ4n) is 5.51. The maximum Gasteiger partial charge on any atom is 0.119 e. The van der Waals surface area contributed by atoms with E-state index in [0.29, 0.717) is 17.4 Å². The van der Waals surface area contributed by atoms with Crippen LogP contribution >= 0.6 is 0 Å². The van der Waals surface area contributed by atoms with Crippen molar-refractivity contribution < 1.29 is 4.74 Å². The standard InChI is InChI=1S/C18H23B2NO/c1-22-13-6-5-12-10-16-14-4-2-3-7-18(14,15(12)11-13)8-9-21(16)17(19)20/h5-6,11,14,16-17H,2-4,7-10H2,1H3/t14?,16-,18-/m0/s1. The van der Waals surface area contributed by atoms with E-state index < -0.39 is 0 Å². The molecule has 2 fully saturated rings. The molecule has 0 amide bonds. The number of rotatable bonds is 2. The summed E-state index contributed by atoms with van der Waals surface area (Å²) in [7, 11) is 13.9. The molecule has 1 aromatic carbocycles. The van der Waals surface area contributed by atoms with E-state index in [2.05, 4.69) is 23.1 Å². The van der Waals surface area contributed by atoms with Gasteiger partial charge in [-0.25, -0.2) is 0 Å². The quantitative estimate of drug-likeness (QED) is 0.776. The Morgan fingerprint density at radius 2 is 2.14 bits per heavy atom. The topological polar surface area (TPSA) is 12.5 Å². The Labute approximate surface area is 136 Å². The lowest BCUT2D eigenvalue weighted by atomic mass is 9.51. The molecule has 2 nitrogen and oxygen atoms in total. The first kappa shape index (κ1) is 14.7. The van der Waals surface area contributed by atoms with Crippen molar-refractivity contribution in [3.8, 4) is 5.75 Å². The number of likely N-dealkylation sites (tertiary alicyclic amines) is 1. The van der Waals surface area contributed by atoms with E-state index >= 15 is 0 Å². The fraction of sp³-hybridized carbons (Fsp3) is 0.667. The van der Waals surface area contributed by atoms with Gasteiger partial charge in [0, 0.05) is 11.5 Å². The van der Waals surface area contributed by atoms with Crippen molar-refractivity contribution >= 4 is 15.7 Å². The summed E-state index contributed by atoms with van der Waals surface area (Å²) < 4.78 is 5.50. The zero-order valence-electron chi connectivity index (χ0n) is 13.4. The predicted octanol–water partition coefficient (Wildman–Crippen LogP) is 2.37. The second-order valence-corrected chi connectivity index (χ2v) is 7.28. The highest BCUT2D eigenvalue weighted by molar-refractivity contribution is 6.35. The van der Waals surface area contributed by atoms with Gasteiger partial charge in [-0.15, -0.1) is 0 Å². The second kappa shape index (κ2) is 5.33. The zero-order chi connectivity index (χ0) is 15.3. The summed E-state index contributed by atoms with van der Waals surface area (Å²) in [6.45, 7) is 1.02. The van der Waals surface area contributed by atoms with Crippen molar-refractivity contribution in [2.24, 2.45) is 5.92 Å². The molecule has 0 N–H and O–H groups in total. The smallest absolute Gasteiger partial charge is 0.119 e. The maximum absolute atomic E-state index is 6.07. The molecule has 4 heteroatoms. The van der Waals surface area contributed by atoms with Gasteiger partial charge in [0.05, 0.1) is 22.8 Å². The van der Waals surface area contributed by atoms with Crippen LogP contribution in [0.2, 0.25) is 0 Å². The number of hydrogen-bond donors (Lipinski definition) is 0. The summed E-state index contributed by atoms with van der Waals surface area (Å²) >= 11 is 0. The van der Waals surface area contributed by atoms with Crippen LogP contribution in [0.5, 0.6) is 5.75 Å². The number of fused-ring (bicyclic) bond motifs is 1. The lowest BCUT2D eigenvalue weighted by molar-refractivity contribution is -0.00750. The molecular formula is C18H23B2NO. The van der Waals surface area contributed by atoms with Crippen molar-refractivity contribution in [2.75, 3.05) is 13.7 Å². The third-order valence-electron chi connectivity index (χ3n) is 6.47. The van der Waals surface area contributed by atoms with Gasteiger partial charge in [0.1, 0.15) is 5.75 Å². The molecule has 1 aliphatic heterocycles. The Morgan fingerprint density at radius 1 is 1.27 bits per heavy atom. The number of benzene rings is 1. The Balaban J connectivity index is 1.84. The Morgan fingerprint density at radius 3 is 2.91 bits per heavy atom. The highest BCUT2D eigenvalue weighted by Gasteiger charge is 2.53. The van der Waals surface area contributed by atoms with E-state index in [1.807, 2.05) is 0 Å². The molecule has 1 unspecified atom stereocenters. The van der Waals surface area contributed by atoms with Gasteiger partial charge < -0.3 is 9.64 Å². The van der Waals surface area contributed by atoms with E-state index in [0.717, 1.165) is 18.7 Å². The molecule has 2 aliphatic carbocycles. The van der Waals surface area contributed by atoms with Gasteiger partial charge in [-0.3, -0.25) is 0 Å². The van der Waals surface area contributed by atoms with E-state index in [1.165, 1.54) is 37.7 Å². The fourth-order valence-corrected chi connectivity index (χ4v) is 5.51. The normalized spacial score (nSPS) is 34.1. The number of ether oxygens (including phenoxy) is 1. The van der Waals surface area contributed by atoms with Crippen LogP contribution in [0.25, 0.3) is 0 Å². The van der Waals surface area contributed by atoms with Crippen molar-refractivity contribution in [3.05, 3.63) is 29.3 Å². The van der Waals surface area contributed by atoms with Gasteiger partial charge in [-0.05, 0) is 61.4 Å². The van der Waals surface area contributed by atoms with Gasteiger partial charge in [-0.1, -0.05) is 24.7 Å². The molecule has 3 atom stereocenters. The molecule has 1 aromatic rings. The largest absolute Gasteiger partial charge is 0.497 e. The van der Waals surface area contributed by atoms with Gasteiger partial charge in [0.25, 0.3) is 0 Å². The van der Waals surface area contributed by atoms with Crippen LogP contribution in [0.15, 0.2) is 18.2 Å². The molecule has 1 saturated heterocycles. The maximum atomic E-state index is 6.07. The highest BCUT2D eigenvalue weighted by Crippen LogP contribution is 2.56. The van der Waals surface area contributed by atoms with E-state index in [-0.39, 0.29) is 5.84 Å². The van der Waals surface area contributed by atoms with Gasteiger partial charge >= 0.3 is 0 Å². The van der Waals surface area contributed by atoms with Crippen LogP contribution in [0.1, 0.15) is 43.2 Å². The monoisotopic (exact) mass is 291 g/mol. The van der Waals surface area contributed by atoms with Crippen LogP contribution < -0.4 is 4.74 Å². The summed E-state index contributed by atoms with van der Waals surface area (Å²) in [4.78, 5) is 2.35. The van der Waals surface area contributed by atoms with Crippen LogP contribution in [0, 0.1) is 5.92 Å². The summed E-state index contributed by atoms with van der Waals surface area (Å²) in [6, 6.07) is 7.18. The summed E-state index contributed by atoms with van der Waals surface area (Å²) in [5.74, 6) is 1.36. The zero-order valence-corrected chi connectivity index (χ0v) is 13.4. The lowest BCUT2D eigenvalue weighted by Crippen LogP contribution is -2.63. The van der Waals surface area contributed by atoms with Gasteiger partial charge in [-0.2, -0.15) is 0 Å². The molecule has 4 radical (unpaired) electrons. The molecule has 4 rings (SSSR count). The molecule has 0 aromatic heterocycles. The summed E-state index contributed by atoms with van der Waals surface area (Å²) in [5.41, 5.74) is 3.36. The second-order valence-electron chi connectivity index (χ2n) is 7.28. The van der Waals surface area contributed by atoms with Crippen LogP contribution in [0.3, 0.4) is 0 Å². The van der Waals surface area contributed by atoms with E-state index in [4.69, 9.17) is 20.4 Å². The number of piperidine rings is 1. The number of methoxy groups -OCH3 is 1. The molecule has 0 spiro atoms. The minimum absolute atomic E-state index is 0.329. The molecule has 1 heterocycles. The van der Waals surface area contributed by atoms with Crippen LogP contribution in [0.4, 0.5) is 0 Å². The Bertz CT molecular complexity index is 576. The van der Waals surface area contributed by atoms with Crippen molar-refractivity contribution in [1.82, 2.24) is 4.90 Å². The lowest BCUT2D eigenvalue weighted by Gasteiger charge is -2.60. The Hall–Kier alpha value is -0.890. The van der Waals surface area contributed by atoms with Crippen molar-refractivity contribution in [3.63, 3.8) is 0 Å². The molecule has 2 bridgehead atoms. The van der Waals surface area contributed by atoms with E-state index in [1.54, 1.807) is 12.7 Å². The van der Waals surface area contributed by atoms with Crippen molar-refractivity contribution in [2.45, 2.75) is 55.8 Å². The average molecular weight is 291 g/mol. The summed E-state index contributed by atoms with van der Waals surface area (Å²) in [6.07, 6.45) is 7.56. The highest BCUT2D eigenvalue weighted by atomic mass is 16.5. The minimum Gasteiger partial charge on any atom is -0.497 e. The average Bonchev–Trinajstić information content (AvgIpc) is 2.54. The predicted molar refractivity (Wildman–Crippen MR) is 90.7 cm³/mol. The molecule has 112 valence electrons. The molecule has 1 saturated carbocycles. The summed E-state index contributed by atoms with van der Waals surface area (Å²) in [5, 5.41) is 0. The molecule has 22 heavy (non-hydrogen) atoms. The van der Waals surface area contributed by atoms with Gasteiger partial charge in [0.15, 0.2) is 0 Å². The first-order valence-electron chi connectivity index (χ1n) is 8.60. The SMILES string of the molecule is [B]C([B])N1CC[C@@]23CCCCC2[C@@H]1Cc1ccc(OC)cc13. The number of nitrogens with zero attached hydrogens (tertiary/aromatic N) is 1. The van der Waals surface area contributed by atoms with Crippen molar-refractivity contribution in [1.29, 1.82) is 0 Å². The third-order valence-corrected chi connectivity index (χ3v) is 6.47. The van der Waals surface area contributed by atoms with Gasteiger partial charge in [0.2, 0.25) is 0 Å². The van der Waals surface area contributed by atoms with E-state index in [9.17, 15) is 0 Å². The first-order valence-corrected chi connectivity index (χ1v) is 8.60. The van der Waals surface area contributed by atoms with Crippen LogP contribution in [-0.4, -0.2) is 46.1 Å². The third kappa shape index (κ3) is 1.99. The minimum atomic E-state index is -0.329. The number of hydrogen-bond acceptors (Lipinski definition) is 2. The molecule has 3 aliphatic rings. The van der Waals surface area contributed by atoms with Crippen LogP contribution in [-0.2, 0) is 11.8 Å². The molecular weight excluding hydrogens is 268 g/mol. The first-order chi connectivity index (χ1) is 10.7. The Kier molecular flexibility index (Phi) is 3.56.